The van der Waals surface area contributed by atoms with Crippen LogP contribution in [0.1, 0.15) is 44.2 Å². The molecule has 21 heavy (non-hydrogen) atoms. The molecule has 2 atom stereocenters. The standard InChI is InChI=1S/C18H30N2O/c1-3-8-18(16-9-5-4-6-10-16)20(13-14-21-2)15-17-11-7-12-19-17/h4-6,9-10,17-19H,3,7-8,11-15H2,1-2H3. The summed E-state index contributed by atoms with van der Waals surface area (Å²) in [6.07, 6.45) is 5.03. The van der Waals surface area contributed by atoms with E-state index in [2.05, 4.69) is 47.5 Å². The highest BCUT2D eigenvalue weighted by molar-refractivity contribution is 5.19. The van der Waals surface area contributed by atoms with Crippen LogP contribution in [0, 0.1) is 0 Å². The van der Waals surface area contributed by atoms with E-state index in [0.29, 0.717) is 12.1 Å². The fourth-order valence-corrected chi connectivity index (χ4v) is 3.29. The highest BCUT2D eigenvalue weighted by atomic mass is 16.5. The van der Waals surface area contributed by atoms with Crippen LogP contribution in [0.15, 0.2) is 30.3 Å². The van der Waals surface area contributed by atoms with Gasteiger partial charge in [-0.05, 0) is 31.4 Å². The smallest absolute Gasteiger partial charge is 0.0589 e. The number of methoxy groups -OCH3 is 1. The van der Waals surface area contributed by atoms with Crippen LogP contribution in [-0.4, -0.2) is 44.3 Å². The van der Waals surface area contributed by atoms with Crippen molar-refractivity contribution in [3.05, 3.63) is 35.9 Å². The Morgan fingerprint density at radius 2 is 2.14 bits per heavy atom. The lowest BCUT2D eigenvalue weighted by Gasteiger charge is -2.34. The molecule has 0 aromatic heterocycles. The third kappa shape index (κ3) is 5.10. The molecule has 1 N–H and O–H groups in total. The normalized spacial score (nSPS) is 20.0. The van der Waals surface area contributed by atoms with Crippen LogP contribution in [0.25, 0.3) is 0 Å². The highest BCUT2D eigenvalue weighted by Gasteiger charge is 2.24. The van der Waals surface area contributed by atoms with Crippen LogP contribution in [0.2, 0.25) is 0 Å². The average molecular weight is 290 g/mol. The Morgan fingerprint density at radius 1 is 1.33 bits per heavy atom. The predicted octanol–water partition coefficient (Wildman–Crippen LogP) is 3.23. The van der Waals surface area contributed by atoms with Crippen molar-refractivity contribution in [3.63, 3.8) is 0 Å². The zero-order valence-electron chi connectivity index (χ0n) is 13.6. The van der Waals surface area contributed by atoms with E-state index in [0.717, 1.165) is 19.7 Å². The first-order valence-corrected chi connectivity index (χ1v) is 8.36. The van der Waals surface area contributed by atoms with Crippen LogP contribution in [0.3, 0.4) is 0 Å². The van der Waals surface area contributed by atoms with Gasteiger partial charge in [-0.15, -0.1) is 0 Å². The Hall–Kier alpha value is -0.900. The van der Waals surface area contributed by atoms with Crippen molar-refractivity contribution in [2.24, 2.45) is 0 Å². The van der Waals surface area contributed by atoms with E-state index in [1.807, 2.05) is 0 Å². The molecular formula is C18H30N2O. The molecule has 0 saturated carbocycles. The molecule has 2 unspecified atom stereocenters. The van der Waals surface area contributed by atoms with Crippen LogP contribution < -0.4 is 5.32 Å². The third-order valence-corrected chi connectivity index (χ3v) is 4.39. The molecular weight excluding hydrogens is 260 g/mol. The Balaban J connectivity index is 2.08. The van der Waals surface area contributed by atoms with E-state index in [1.54, 1.807) is 7.11 Å². The first-order valence-electron chi connectivity index (χ1n) is 8.36. The number of hydrogen-bond acceptors (Lipinski definition) is 3. The molecule has 1 fully saturated rings. The Morgan fingerprint density at radius 3 is 2.76 bits per heavy atom. The van der Waals surface area contributed by atoms with E-state index in [-0.39, 0.29) is 0 Å². The Kier molecular flexibility index (Phi) is 7.20. The van der Waals surface area contributed by atoms with Gasteiger partial charge in [-0.25, -0.2) is 0 Å². The predicted molar refractivity (Wildman–Crippen MR) is 88.6 cm³/mol. The maximum atomic E-state index is 5.34. The number of rotatable bonds is 9. The van der Waals surface area contributed by atoms with Crippen LogP contribution in [0.5, 0.6) is 0 Å². The average Bonchev–Trinajstić information content (AvgIpc) is 3.03. The van der Waals surface area contributed by atoms with Gasteiger partial charge in [0.1, 0.15) is 0 Å². The summed E-state index contributed by atoms with van der Waals surface area (Å²) in [5.41, 5.74) is 1.44. The highest BCUT2D eigenvalue weighted by Crippen LogP contribution is 2.26. The lowest BCUT2D eigenvalue weighted by Crippen LogP contribution is -2.41. The fraction of sp³-hybridized carbons (Fsp3) is 0.667. The van der Waals surface area contributed by atoms with Crippen molar-refractivity contribution < 1.29 is 4.74 Å². The molecule has 1 heterocycles. The molecule has 0 amide bonds. The third-order valence-electron chi connectivity index (χ3n) is 4.39. The van der Waals surface area contributed by atoms with Gasteiger partial charge in [0.25, 0.3) is 0 Å². The monoisotopic (exact) mass is 290 g/mol. The van der Waals surface area contributed by atoms with E-state index in [9.17, 15) is 0 Å². The summed E-state index contributed by atoms with van der Waals surface area (Å²) in [6.45, 7) is 6.39. The van der Waals surface area contributed by atoms with E-state index in [1.165, 1.54) is 37.8 Å². The SMILES string of the molecule is CCCC(c1ccccc1)N(CCOC)CC1CCCN1. The van der Waals surface area contributed by atoms with Crippen molar-refractivity contribution in [1.82, 2.24) is 10.2 Å². The topological polar surface area (TPSA) is 24.5 Å². The summed E-state index contributed by atoms with van der Waals surface area (Å²) in [7, 11) is 1.79. The number of nitrogens with zero attached hydrogens (tertiary/aromatic N) is 1. The second kappa shape index (κ2) is 9.19. The maximum absolute atomic E-state index is 5.34. The minimum Gasteiger partial charge on any atom is -0.383 e. The van der Waals surface area contributed by atoms with Gasteiger partial charge in [-0.3, -0.25) is 4.90 Å². The largest absolute Gasteiger partial charge is 0.383 e. The summed E-state index contributed by atoms with van der Waals surface area (Å²) in [5.74, 6) is 0. The summed E-state index contributed by atoms with van der Waals surface area (Å²) >= 11 is 0. The van der Waals surface area contributed by atoms with E-state index in [4.69, 9.17) is 4.74 Å². The van der Waals surface area contributed by atoms with Gasteiger partial charge in [0.05, 0.1) is 6.61 Å². The molecule has 1 aromatic rings. The van der Waals surface area contributed by atoms with E-state index >= 15 is 0 Å². The molecule has 118 valence electrons. The molecule has 3 heteroatoms. The van der Waals surface area contributed by atoms with E-state index < -0.39 is 0 Å². The van der Waals surface area contributed by atoms with Gasteiger partial charge in [-0.2, -0.15) is 0 Å². The number of benzene rings is 1. The number of hydrogen-bond donors (Lipinski definition) is 1. The second-order valence-electron chi connectivity index (χ2n) is 6.00. The van der Waals surface area contributed by atoms with Crippen molar-refractivity contribution in [3.8, 4) is 0 Å². The summed E-state index contributed by atoms with van der Waals surface area (Å²) < 4.78 is 5.34. The lowest BCUT2D eigenvalue weighted by molar-refractivity contribution is 0.108. The summed E-state index contributed by atoms with van der Waals surface area (Å²) in [4.78, 5) is 2.62. The van der Waals surface area contributed by atoms with Crippen LogP contribution in [0.4, 0.5) is 0 Å². The first kappa shape index (κ1) is 16.5. The quantitative estimate of drug-likeness (QED) is 0.755. The van der Waals surface area contributed by atoms with Gasteiger partial charge in [0, 0.05) is 32.3 Å². The van der Waals surface area contributed by atoms with Crippen molar-refractivity contribution >= 4 is 0 Å². The second-order valence-corrected chi connectivity index (χ2v) is 6.00. The number of ether oxygens (including phenoxy) is 1. The Labute approximate surface area is 129 Å². The summed E-state index contributed by atoms with van der Waals surface area (Å²) in [6, 6.07) is 12.1. The molecule has 0 bridgehead atoms. The zero-order chi connectivity index (χ0) is 14.9. The molecule has 0 radical (unpaired) electrons. The molecule has 3 nitrogen and oxygen atoms in total. The molecule has 1 aliphatic heterocycles. The molecule has 0 spiro atoms. The van der Waals surface area contributed by atoms with Gasteiger partial charge in [-0.1, -0.05) is 43.7 Å². The fourth-order valence-electron chi connectivity index (χ4n) is 3.29. The molecule has 0 aliphatic carbocycles. The Bertz CT molecular complexity index is 376. The maximum Gasteiger partial charge on any atom is 0.0589 e. The zero-order valence-corrected chi connectivity index (χ0v) is 13.6. The van der Waals surface area contributed by atoms with Crippen molar-refractivity contribution in [1.29, 1.82) is 0 Å². The van der Waals surface area contributed by atoms with Gasteiger partial charge < -0.3 is 10.1 Å². The first-order chi connectivity index (χ1) is 10.3. The molecule has 1 aliphatic rings. The van der Waals surface area contributed by atoms with Crippen LogP contribution >= 0.6 is 0 Å². The molecule has 1 saturated heterocycles. The lowest BCUT2D eigenvalue weighted by atomic mass is 9.99. The van der Waals surface area contributed by atoms with Crippen molar-refractivity contribution in [2.45, 2.75) is 44.7 Å². The minimum atomic E-state index is 0.508. The van der Waals surface area contributed by atoms with Crippen molar-refractivity contribution in [2.75, 3.05) is 33.4 Å². The van der Waals surface area contributed by atoms with Gasteiger partial charge >= 0.3 is 0 Å². The molecule has 1 aromatic carbocycles. The number of nitrogens with one attached hydrogen (secondary N) is 1. The van der Waals surface area contributed by atoms with Crippen LogP contribution in [-0.2, 0) is 4.74 Å². The molecule has 2 rings (SSSR count). The summed E-state index contributed by atoms with van der Waals surface area (Å²) in [5, 5.41) is 3.63. The van der Waals surface area contributed by atoms with Gasteiger partial charge in [0.15, 0.2) is 0 Å². The minimum absolute atomic E-state index is 0.508. The van der Waals surface area contributed by atoms with Gasteiger partial charge in [0.2, 0.25) is 0 Å².